The van der Waals surface area contributed by atoms with E-state index in [2.05, 4.69) is 0 Å². The second kappa shape index (κ2) is 10.0. The fourth-order valence-electron chi connectivity index (χ4n) is 4.36. The lowest BCUT2D eigenvalue weighted by molar-refractivity contribution is -0.258. The fourth-order valence-corrected chi connectivity index (χ4v) is 6.98. The van der Waals surface area contributed by atoms with Gasteiger partial charge in [-0.2, -0.15) is 17.5 Å². The Kier molecular flexibility index (Phi) is 7.38. The molecule has 0 spiro atoms. The molecule has 3 aromatic rings. The van der Waals surface area contributed by atoms with E-state index in [-0.39, 0.29) is 28.9 Å². The van der Waals surface area contributed by atoms with Gasteiger partial charge in [0.15, 0.2) is 5.60 Å². The summed E-state index contributed by atoms with van der Waals surface area (Å²) in [5, 5.41) is 11.7. The van der Waals surface area contributed by atoms with Crippen LogP contribution in [0, 0.1) is 0 Å². The maximum Gasteiger partial charge on any atom is 0.421 e. The Balaban J connectivity index is 1.66. The molecule has 6 nitrogen and oxygen atoms in total. The molecule has 1 aliphatic rings. The number of halogens is 3. The molecule has 0 saturated carbocycles. The molecule has 1 N–H and O–H groups in total. The number of methoxy groups -OCH3 is 1. The van der Waals surface area contributed by atoms with Crippen LogP contribution in [0.3, 0.4) is 0 Å². The second-order valence-electron chi connectivity index (χ2n) is 8.78. The average molecular weight is 541 g/mol. The molecule has 1 fully saturated rings. The Hall–Kier alpha value is -2.60. The van der Waals surface area contributed by atoms with Crippen LogP contribution in [-0.4, -0.2) is 56.8 Å². The van der Waals surface area contributed by atoms with Crippen LogP contribution in [-0.2, 0) is 22.0 Å². The minimum absolute atomic E-state index is 0.195. The first-order valence-corrected chi connectivity index (χ1v) is 13.6. The highest BCUT2D eigenvalue weighted by atomic mass is 32.2. The molecular weight excluding hydrogens is 513 g/mol. The summed E-state index contributed by atoms with van der Waals surface area (Å²) in [6.07, 6.45) is -4.36. The summed E-state index contributed by atoms with van der Waals surface area (Å²) in [6.45, 7) is 1.49. The molecule has 2 heterocycles. The highest BCUT2D eigenvalue weighted by Crippen LogP contribution is 2.39. The average Bonchev–Trinajstić information content (AvgIpc) is 3.40. The lowest BCUT2D eigenvalue weighted by Gasteiger charge is -2.42. The number of aliphatic hydroxyl groups is 1. The third-order valence-electron chi connectivity index (χ3n) is 6.50. The first kappa shape index (κ1) is 26.5. The Labute approximate surface area is 212 Å². The molecule has 36 heavy (non-hydrogen) atoms. The molecule has 1 saturated heterocycles. The summed E-state index contributed by atoms with van der Waals surface area (Å²) < 4.78 is 73.5. The van der Waals surface area contributed by atoms with Gasteiger partial charge in [-0.15, -0.1) is 11.3 Å². The van der Waals surface area contributed by atoms with Gasteiger partial charge in [-0.05, 0) is 54.1 Å². The number of alkyl halides is 3. The fraction of sp³-hybridized carbons (Fsp3) is 0.360. The number of nitrogens with zero attached hydrogens (tertiary/aromatic N) is 2. The first-order chi connectivity index (χ1) is 16.9. The topological polar surface area (TPSA) is 70.1 Å². The summed E-state index contributed by atoms with van der Waals surface area (Å²) >= 11 is 1.16. The van der Waals surface area contributed by atoms with Gasteiger partial charge in [0.05, 0.1) is 7.11 Å². The minimum atomic E-state index is -4.82. The molecule has 0 aliphatic carbocycles. The van der Waals surface area contributed by atoms with Crippen LogP contribution in [0.2, 0.25) is 0 Å². The number of sulfonamides is 1. The highest BCUT2D eigenvalue weighted by Gasteiger charge is 2.51. The summed E-state index contributed by atoms with van der Waals surface area (Å²) in [5.74, 6) is 0.673. The van der Waals surface area contributed by atoms with Gasteiger partial charge in [-0.25, -0.2) is 8.42 Å². The van der Waals surface area contributed by atoms with E-state index in [0.717, 1.165) is 23.8 Å². The van der Waals surface area contributed by atoms with Crippen molar-refractivity contribution < 1.29 is 31.4 Å². The van der Waals surface area contributed by atoms with Crippen molar-refractivity contribution >= 4 is 27.0 Å². The Morgan fingerprint density at radius 1 is 1.06 bits per heavy atom. The molecule has 2 atom stereocenters. The van der Waals surface area contributed by atoms with E-state index in [4.69, 9.17) is 4.74 Å². The molecule has 0 bridgehead atoms. The van der Waals surface area contributed by atoms with Gasteiger partial charge in [-0.3, -0.25) is 0 Å². The van der Waals surface area contributed by atoms with Gasteiger partial charge >= 0.3 is 6.18 Å². The predicted octanol–water partition coefficient (Wildman–Crippen LogP) is 4.65. The van der Waals surface area contributed by atoms with Gasteiger partial charge in [0.2, 0.25) is 0 Å². The third-order valence-corrected chi connectivity index (χ3v) is 9.73. The van der Waals surface area contributed by atoms with Gasteiger partial charge in [0.1, 0.15) is 9.96 Å². The smallest absolute Gasteiger partial charge is 0.421 e. The number of anilines is 1. The van der Waals surface area contributed by atoms with Crippen molar-refractivity contribution in [3.8, 4) is 5.75 Å². The molecule has 4 rings (SSSR count). The largest absolute Gasteiger partial charge is 0.496 e. The molecular formula is C25H27F3N2O4S2. The maximum atomic E-state index is 13.3. The maximum absolute atomic E-state index is 13.3. The van der Waals surface area contributed by atoms with Crippen molar-refractivity contribution in [3.05, 3.63) is 77.2 Å². The number of piperazine rings is 1. The zero-order valence-corrected chi connectivity index (χ0v) is 21.4. The van der Waals surface area contributed by atoms with Crippen LogP contribution in [0.25, 0.3) is 0 Å². The van der Waals surface area contributed by atoms with Gasteiger partial charge in [-0.1, -0.05) is 36.4 Å². The van der Waals surface area contributed by atoms with Crippen LogP contribution in [0.4, 0.5) is 18.9 Å². The van der Waals surface area contributed by atoms with E-state index >= 15 is 0 Å². The molecule has 0 radical (unpaired) electrons. The van der Waals surface area contributed by atoms with E-state index in [1.807, 2.05) is 29.2 Å². The molecule has 1 unspecified atom stereocenters. The van der Waals surface area contributed by atoms with E-state index in [1.165, 1.54) is 28.6 Å². The van der Waals surface area contributed by atoms with Gasteiger partial charge in [0.25, 0.3) is 10.0 Å². The van der Waals surface area contributed by atoms with Crippen molar-refractivity contribution in [2.45, 2.75) is 35.4 Å². The normalized spacial score (nSPS) is 19.2. The monoisotopic (exact) mass is 540 g/mol. The van der Waals surface area contributed by atoms with E-state index in [9.17, 15) is 26.7 Å². The summed E-state index contributed by atoms with van der Waals surface area (Å²) in [4.78, 5) is 2.00. The van der Waals surface area contributed by atoms with Crippen molar-refractivity contribution in [1.29, 1.82) is 0 Å². The van der Waals surface area contributed by atoms with Crippen molar-refractivity contribution in [1.82, 2.24) is 4.31 Å². The molecule has 11 heteroatoms. The van der Waals surface area contributed by atoms with Crippen LogP contribution >= 0.6 is 11.3 Å². The molecule has 2 aromatic carbocycles. The first-order valence-electron chi connectivity index (χ1n) is 11.3. The lowest BCUT2D eigenvalue weighted by Crippen LogP contribution is -2.55. The van der Waals surface area contributed by atoms with Crippen LogP contribution in [0.15, 0.2) is 70.3 Å². The Bertz CT molecular complexity index is 1280. The van der Waals surface area contributed by atoms with Crippen LogP contribution < -0.4 is 9.64 Å². The van der Waals surface area contributed by atoms with E-state index in [1.54, 1.807) is 24.6 Å². The molecule has 0 amide bonds. The standard InChI is InChI=1S/C25H27F3N2O4S2/c1-24(31,25(26,27)28)19-9-11-20(12-10-19)30-14-13-29(36(32,33)23-8-5-15-35-23)17-21(30)16-18-6-3-4-7-22(18)34-2/h3-12,15,21,31H,13-14,16-17H2,1-2H3/t21-,24?/m0/s1. The van der Waals surface area contributed by atoms with Crippen molar-refractivity contribution in [3.63, 3.8) is 0 Å². The summed E-state index contributed by atoms with van der Waals surface area (Å²) in [5.41, 5.74) is -1.71. The van der Waals surface area contributed by atoms with Crippen molar-refractivity contribution in [2.24, 2.45) is 0 Å². The van der Waals surface area contributed by atoms with E-state index < -0.39 is 21.8 Å². The van der Waals surface area contributed by atoms with Gasteiger partial charge in [0, 0.05) is 31.4 Å². The number of thiophene rings is 1. The lowest BCUT2D eigenvalue weighted by atomic mass is 9.94. The predicted molar refractivity (Wildman–Crippen MR) is 133 cm³/mol. The quantitative estimate of drug-likeness (QED) is 0.473. The van der Waals surface area contributed by atoms with Crippen LogP contribution in [0.5, 0.6) is 5.75 Å². The number of rotatable bonds is 7. The van der Waals surface area contributed by atoms with E-state index in [0.29, 0.717) is 24.4 Å². The number of ether oxygens (including phenoxy) is 1. The highest BCUT2D eigenvalue weighted by molar-refractivity contribution is 7.91. The molecule has 1 aliphatic heterocycles. The van der Waals surface area contributed by atoms with Crippen molar-refractivity contribution in [2.75, 3.05) is 31.6 Å². The number of benzene rings is 2. The molecule has 194 valence electrons. The second-order valence-corrected chi connectivity index (χ2v) is 11.9. The number of hydrogen-bond acceptors (Lipinski definition) is 6. The zero-order valence-electron chi connectivity index (χ0n) is 19.8. The van der Waals surface area contributed by atoms with Crippen LogP contribution in [0.1, 0.15) is 18.1 Å². The third kappa shape index (κ3) is 5.10. The summed E-state index contributed by atoms with van der Waals surface area (Å²) in [6, 6.07) is 16.0. The SMILES string of the molecule is COc1ccccc1C[C@H]1CN(S(=O)(=O)c2cccs2)CCN1c1ccc(C(C)(O)C(F)(F)F)cc1. The number of hydrogen-bond donors (Lipinski definition) is 1. The Morgan fingerprint density at radius 3 is 2.36 bits per heavy atom. The summed E-state index contributed by atoms with van der Waals surface area (Å²) in [7, 11) is -2.11. The number of para-hydroxylation sites is 1. The van der Waals surface area contributed by atoms with Gasteiger partial charge < -0.3 is 14.7 Å². The minimum Gasteiger partial charge on any atom is -0.496 e. The Morgan fingerprint density at radius 2 is 1.75 bits per heavy atom. The zero-order chi connectivity index (χ0) is 26.1. The molecule has 1 aromatic heterocycles.